The van der Waals surface area contributed by atoms with E-state index in [9.17, 15) is 0 Å². The number of nitrogens with one attached hydrogen (secondary N) is 1. The highest BCUT2D eigenvalue weighted by atomic mass is 35.5. The Morgan fingerprint density at radius 2 is 1.95 bits per heavy atom. The Kier molecular flexibility index (Phi) is 3.85. The van der Waals surface area contributed by atoms with Gasteiger partial charge in [0.15, 0.2) is 0 Å². The summed E-state index contributed by atoms with van der Waals surface area (Å²) in [5, 5.41) is 3.79. The maximum Gasteiger partial charge on any atom is 0.147 e. The van der Waals surface area contributed by atoms with Gasteiger partial charge >= 0.3 is 0 Å². The molecule has 0 unspecified atom stereocenters. The third-order valence-electron chi connectivity index (χ3n) is 3.57. The molecule has 2 heterocycles. The topological polar surface area (TPSA) is 41.1 Å². The zero-order valence-electron chi connectivity index (χ0n) is 11.4. The fraction of sp³-hybridized carbons (Fsp3) is 0.333. The number of hydrogen-bond acceptors (Lipinski definition) is 4. The van der Waals surface area contributed by atoms with Gasteiger partial charge in [0.05, 0.1) is 18.1 Å². The molecule has 0 amide bonds. The van der Waals surface area contributed by atoms with Crippen LogP contribution in [0.25, 0.3) is 11.3 Å². The summed E-state index contributed by atoms with van der Waals surface area (Å²) >= 11 is 5.77. The molecule has 1 aromatic carbocycles. The van der Waals surface area contributed by atoms with Crippen LogP contribution in [0.4, 0.5) is 5.69 Å². The Labute approximate surface area is 123 Å². The van der Waals surface area contributed by atoms with Crippen LogP contribution in [0.3, 0.4) is 0 Å². The molecule has 0 bridgehead atoms. The molecule has 1 aromatic heterocycles. The summed E-state index contributed by atoms with van der Waals surface area (Å²) in [7, 11) is 0. The molecule has 104 valence electrons. The van der Waals surface area contributed by atoms with Gasteiger partial charge in [-0.2, -0.15) is 0 Å². The van der Waals surface area contributed by atoms with Gasteiger partial charge in [0.2, 0.25) is 0 Å². The maximum atomic E-state index is 5.77. The number of piperazine rings is 1. The van der Waals surface area contributed by atoms with Crippen LogP contribution >= 0.6 is 11.6 Å². The van der Waals surface area contributed by atoms with E-state index in [0.717, 1.165) is 37.4 Å². The molecule has 0 aliphatic carbocycles. The van der Waals surface area contributed by atoms with Gasteiger partial charge in [-0.25, -0.2) is 4.98 Å². The summed E-state index contributed by atoms with van der Waals surface area (Å²) in [5.41, 5.74) is 4.49. The van der Waals surface area contributed by atoms with Crippen LogP contribution in [0.1, 0.15) is 5.56 Å². The van der Waals surface area contributed by atoms with E-state index in [4.69, 9.17) is 11.6 Å². The van der Waals surface area contributed by atoms with Crippen LogP contribution < -0.4 is 10.2 Å². The minimum atomic E-state index is 0.419. The molecular weight excluding hydrogens is 272 g/mol. The number of aryl methyl sites for hydroxylation is 1. The Bertz CT molecular complexity index is 591. The van der Waals surface area contributed by atoms with Gasteiger partial charge in [-0.3, -0.25) is 4.98 Å². The smallest absolute Gasteiger partial charge is 0.147 e. The fourth-order valence-electron chi connectivity index (χ4n) is 2.54. The van der Waals surface area contributed by atoms with E-state index in [1.54, 1.807) is 12.4 Å². The highest BCUT2D eigenvalue weighted by molar-refractivity contribution is 6.29. The average molecular weight is 289 g/mol. The molecule has 3 rings (SSSR count). The van der Waals surface area contributed by atoms with E-state index in [0.29, 0.717) is 5.15 Å². The first kappa shape index (κ1) is 13.3. The van der Waals surface area contributed by atoms with Crippen molar-refractivity contribution in [1.29, 1.82) is 0 Å². The van der Waals surface area contributed by atoms with Gasteiger partial charge in [-0.05, 0) is 24.6 Å². The summed E-state index contributed by atoms with van der Waals surface area (Å²) in [6.07, 6.45) is 3.29. The molecule has 1 aliphatic heterocycles. The van der Waals surface area contributed by atoms with Crippen molar-refractivity contribution in [2.75, 3.05) is 31.1 Å². The van der Waals surface area contributed by atoms with Crippen molar-refractivity contribution < 1.29 is 0 Å². The molecule has 0 saturated carbocycles. The van der Waals surface area contributed by atoms with Crippen molar-refractivity contribution >= 4 is 17.3 Å². The molecule has 20 heavy (non-hydrogen) atoms. The first-order valence-corrected chi connectivity index (χ1v) is 7.16. The number of halogens is 1. The first-order chi connectivity index (χ1) is 9.74. The first-order valence-electron chi connectivity index (χ1n) is 6.78. The Morgan fingerprint density at radius 1 is 1.15 bits per heavy atom. The molecule has 0 spiro atoms. The van der Waals surface area contributed by atoms with Crippen molar-refractivity contribution in [3.8, 4) is 11.3 Å². The Morgan fingerprint density at radius 3 is 2.60 bits per heavy atom. The number of hydrogen-bond donors (Lipinski definition) is 1. The summed E-state index contributed by atoms with van der Waals surface area (Å²) in [4.78, 5) is 10.8. The second kappa shape index (κ2) is 5.77. The number of rotatable bonds is 2. The number of anilines is 1. The molecule has 1 N–H and O–H groups in total. The minimum absolute atomic E-state index is 0.419. The quantitative estimate of drug-likeness (QED) is 0.922. The molecule has 0 radical (unpaired) electrons. The molecule has 1 fully saturated rings. The van der Waals surface area contributed by atoms with E-state index < -0.39 is 0 Å². The van der Waals surface area contributed by atoms with Crippen molar-refractivity contribution in [3.63, 3.8) is 0 Å². The van der Waals surface area contributed by atoms with Gasteiger partial charge < -0.3 is 10.2 Å². The monoisotopic (exact) mass is 288 g/mol. The third kappa shape index (κ3) is 2.76. The Hall–Kier alpha value is -1.65. The van der Waals surface area contributed by atoms with Crippen LogP contribution in [0.15, 0.2) is 30.6 Å². The van der Waals surface area contributed by atoms with E-state index >= 15 is 0 Å². The maximum absolute atomic E-state index is 5.77. The van der Waals surface area contributed by atoms with Crippen LogP contribution in [0.2, 0.25) is 5.15 Å². The molecule has 5 heteroatoms. The zero-order chi connectivity index (χ0) is 13.9. The molecule has 2 aromatic rings. The average Bonchev–Trinajstić information content (AvgIpc) is 2.49. The lowest BCUT2D eigenvalue weighted by Crippen LogP contribution is -2.43. The van der Waals surface area contributed by atoms with E-state index in [2.05, 4.69) is 45.3 Å². The molecule has 0 atom stereocenters. The zero-order valence-corrected chi connectivity index (χ0v) is 12.2. The normalized spacial score (nSPS) is 15.4. The van der Waals surface area contributed by atoms with Crippen LogP contribution in [-0.4, -0.2) is 36.1 Å². The highest BCUT2D eigenvalue weighted by Gasteiger charge is 2.13. The number of nitrogens with zero attached hydrogens (tertiary/aromatic N) is 3. The molecule has 4 nitrogen and oxygen atoms in total. The van der Waals surface area contributed by atoms with Gasteiger partial charge in [0, 0.05) is 37.4 Å². The van der Waals surface area contributed by atoms with Crippen LogP contribution in [-0.2, 0) is 0 Å². The van der Waals surface area contributed by atoms with E-state index in [1.807, 2.05) is 0 Å². The van der Waals surface area contributed by atoms with Gasteiger partial charge in [-0.15, -0.1) is 0 Å². The van der Waals surface area contributed by atoms with E-state index in [1.165, 1.54) is 11.3 Å². The van der Waals surface area contributed by atoms with Crippen LogP contribution in [0.5, 0.6) is 0 Å². The fourth-order valence-corrected chi connectivity index (χ4v) is 2.63. The predicted molar refractivity (Wildman–Crippen MR) is 82.3 cm³/mol. The second-order valence-corrected chi connectivity index (χ2v) is 5.35. The predicted octanol–water partition coefficient (Wildman–Crippen LogP) is 2.52. The van der Waals surface area contributed by atoms with Crippen molar-refractivity contribution in [2.24, 2.45) is 0 Å². The third-order valence-corrected chi connectivity index (χ3v) is 3.77. The van der Waals surface area contributed by atoms with Crippen molar-refractivity contribution in [2.45, 2.75) is 6.92 Å². The molecular formula is C15H17ClN4. The van der Waals surface area contributed by atoms with Gasteiger partial charge in [0.1, 0.15) is 5.15 Å². The van der Waals surface area contributed by atoms with Crippen molar-refractivity contribution in [3.05, 3.63) is 41.3 Å². The number of benzene rings is 1. The molecule has 1 saturated heterocycles. The summed E-state index contributed by atoms with van der Waals surface area (Å²) < 4.78 is 0. The van der Waals surface area contributed by atoms with Gasteiger partial charge in [-0.1, -0.05) is 17.7 Å². The largest absolute Gasteiger partial charge is 0.369 e. The lowest BCUT2D eigenvalue weighted by atomic mass is 10.1. The Balaban J connectivity index is 1.88. The summed E-state index contributed by atoms with van der Waals surface area (Å²) in [6, 6.07) is 6.43. The second-order valence-electron chi connectivity index (χ2n) is 4.96. The summed E-state index contributed by atoms with van der Waals surface area (Å²) in [6.45, 7) is 6.35. The SMILES string of the molecule is Cc1cc(-c2cnc(Cl)cn2)ccc1N1CCNCC1. The summed E-state index contributed by atoms with van der Waals surface area (Å²) in [5.74, 6) is 0. The number of aromatic nitrogens is 2. The van der Waals surface area contributed by atoms with Crippen LogP contribution in [0, 0.1) is 6.92 Å². The molecule has 1 aliphatic rings. The van der Waals surface area contributed by atoms with Gasteiger partial charge in [0.25, 0.3) is 0 Å². The lowest BCUT2D eigenvalue weighted by molar-refractivity contribution is 0.588. The lowest BCUT2D eigenvalue weighted by Gasteiger charge is -2.30. The minimum Gasteiger partial charge on any atom is -0.369 e. The van der Waals surface area contributed by atoms with E-state index in [-0.39, 0.29) is 0 Å². The van der Waals surface area contributed by atoms with Crippen molar-refractivity contribution in [1.82, 2.24) is 15.3 Å². The standard InChI is InChI=1S/C15H17ClN4/c1-11-8-12(13-9-19-15(16)10-18-13)2-3-14(11)20-6-4-17-5-7-20/h2-3,8-10,17H,4-7H2,1H3. The highest BCUT2D eigenvalue weighted by Crippen LogP contribution is 2.26.